The number of H-pyrrole nitrogens is 1. The number of nitrogens with zero attached hydrogens (tertiary/aromatic N) is 1. The zero-order chi connectivity index (χ0) is 29.9. The van der Waals surface area contributed by atoms with E-state index in [1.54, 1.807) is 0 Å². The zero-order valence-corrected chi connectivity index (χ0v) is 25.2. The Kier molecular flexibility index (Phi) is 10.3. The number of imidazole rings is 1. The topological polar surface area (TPSA) is 47.1 Å². The molecule has 0 aliphatic rings. The summed E-state index contributed by atoms with van der Waals surface area (Å²) in [5, 5.41) is 0. The largest absolute Gasteiger partial charge is 0.493 e. The lowest BCUT2D eigenvalue weighted by atomic mass is 10.1. The van der Waals surface area contributed by atoms with Crippen molar-refractivity contribution in [1.29, 1.82) is 0 Å². The number of rotatable bonds is 14. The van der Waals surface area contributed by atoms with Gasteiger partial charge in [0.1, 0.15) is 17.3 Å². The molecule has 5 aromatic rings. The summed E-state index contributed by atoms with van der Waals surface area (Å²) in [6.45, 7) is 9.69. The minimum Gasteiger partial charge on any atom is -0.493 e. The predicted octanol–water partition coefficient (Wildman–Crippen LogP) is 10.6. The van der Waals surface area contributed by atoms with E-state index in [4.69, 9.17) is 14.5 Å². The van der Waals surface area contributed by atoms with Crippen molar-refractivity contribution in [2.24, 2.45) is 0 Å². The maximum atomic E-state index is 6.19. The van der Waals surface area contributed by atoms with Gasteiger partial charge in [0.15, 0.2) is 0 Å². The Labute approximate surface area is 255 Å². The first kappa shape index (κ1) is 29.7. The predicted molar refractivity (Wildman–Crippen MR) is 181 cm³/mol. The van der Waals surface area contributed by atoms with E-state index in [0.717, 1.165) is 87.8 Å². The first-order chi connectivity index (χ1) is 21.2. The number of hydrogen-bond acceptors (Lipinski definition) is 3. The average Bonchev–Trinajstić information content (AvgIpc) is 3.51. The number of hydrogen-bond donors (Lipinski definition) is 1. The van der Waals surface area contributed by atoms with Gasteiger partial charge in [0.2, 0.25) is 0 Å². The Bertz CT molecular complexity index is 1580. The van der Waals surface area contributed by atoms with Crippen molar-refractivity contribution < 1.29 is 9.47 Å². The van der Waals surface area contributed by atoms with E-state index in [2.05, 4.69) is 104 Å². The third-order valence-electron chi connectivity index (χ3n) is 7.33. The van der Waals surface area contributed by atoms with E-state index in [-0.39, 0.29) is 0 Å². The van der Waals surface area contributed by atoms with Gasteiger partial charge in [-0.1, -0.05) is 136 Å². The average molecular weight is 569 g/mol. The van der Waals surface area contributed by atoms with Crippen molar-refractivity contribution in [2.75, 3.05) is 13.2 Å². The monoisotopic (exact) mass is 568 g/mol. The second kappa shape index (κ2) is 14.9. The van der Waals surface area contributed by atoms with Crippen LogP contribution in [0.1, 0.15) is 56.2 Å². The van der Waals surface area contributed by atoms with Gasteiger partial charge in [-0.2, -0.15) is 0 Å². The van der Waals surface area contributed by atoms with Gasteiger partial charge >= 0.3 is 0 Å². The molecule has 5 rings (SSSR count). The molecule has 0 atom stereocenters. The Morgan fingerprint density at radius 2 is 1.26 bits per heavy atom. The molecule has 0 fully saturated rings. The van der Waals surface area contributed by atoms with Crippen LogP contribution >= 0.6 is 0 Å². The molecule has 0 amide bonds. The van der Waals surface area contributed by atoms with E-state index in [1.807, 2.05) is 36.4 Å². The van der Waals surface area contributed by atoms with Crippen LogP contribution in [0.2, 0.25) is 0 Å². The van der Waals surface area contributed by atoms with Crippen molar-refractivity contribution in [3.05, 3.63) is 120 Å². The Hall–Kier alpha value is -4.83. The van der Waals surface area contributed by atoms with Crippen molar-refractivity contribution in [3.8, 4) is 45.4 Å². The van der Waals surface area contributed by atoms with Crippen LogP contribution in [0, 0.1) is 0 Å². The summed E-state index contributed by atoms with van der Waals surface area (Å²) >= 11 is 0. The fraction of sp³-hybridized carbons (Fsp3) is 0.205. The second-order valence-corrected chi connectivity index (χ2v) is 10.5. The van der Waals surface area contributed by atoms with Gasteiger partial charge in [0, 0.05) is 27.8 Å². The normalized spacial score (nSPS) is 11.1. The molecule has 0 aliphatic heterocycles. The molecular weight excluding hydrogens is 528 g/mol. The summed E-state index contributed by atoms with van der Waals surface area (Å²) in [6, 6.07) is 33.2. The summed E-state index contributed by atoms with van der Waals surface area (Å²) in [7, 11) is 0. The Morgan fingerprint density at radius 3 is 1.86 bits per heavy atom. The molecule has 0 saturated carbocycles. The highest BCUT2D eigenvalue weighted by Crippen LogP contribution is 2.34. The van der Waals surface area contributed by atoms with E-state index < -0.39 is 0 Å². The highest BCUT2D eigenvalue weighted by Gasteiger charge is 2.15. The first-order valence-electron chi connectivity index (χ1n) is 15.3. The molecule has 43 heavy (non-hydrogen) atoms. The molecule has 1 heterocycles. The van der Waals surface area contributed by atoms with E-state index in [0.29, 0.717) is 13.2 Å². The number of aromatic nitrogens is 2. The number of unbranched alkanes of at least 4 members (excludes halogenated alkanes) is 2. The van der Waals surface area contributed by atoms with Crippen LogP contribution in [0.4, 0.5) is 0 Å². The molecule has 0 unspecified atom stereocenters. The van der Waals surface area contributed by atoms with Crippen molar-refractivity contribution in [2.45, 2.75) is 39.5 Å². The van der Waals surface area contributed by atoms with Gasteiger partial charge in [-0.15, -0.1) is 0 Å². The van der Waals surface area contributed by atoms with Gasteiger partial charge in [-0.3, -0.25) is 0 Å². The quantitative estimate of drug-likeness (QED) is 0.107. The maximum Gasteiger partial charge on any atom is 0.138 e. The molecule has 1 aromatic heterocycles. The Morgan fingerprint density at radius 1 is 0.674 bits per heavy atom. The molecular formula is C39H40N2O2. The lowest BCUT2D eigenvalue weighted by molar-refractivity contribution is 0.300. The number of aromatic amines is 1. The smallest absolute Gasteiger partial charge is 0.138 e. The molecule has 4 nitrogen and oxygen atoms in total. The standard InChI is InChI=1S/C39H40N2O2/c1-4-7-25-42-35-28-34(36(27-30(35)6-3)43-26-8-5-2)24-21-29-19-22-33(23-20-29)39-40-37(31-15-11-9-12-16-31)38(41-39)32-17-13-10-14-18-32/h6,9-24,27-28H,3-5,7-8,25-26H2,1-2H3,(H,40,41)/b24-21+. The number of nitrogens with one attached hydrogen (secondary N) is 1. The fourth-order valence-electron chi connectivity index (χ4n) is 4.85. The van der Waals surface area contributed by atoms with Crippen LogP contribution in [0.15, 0.2) is 104 Å². The van der Waals surface area contributed by atoms with Crippen molar-refractivity contribution >= 4 is 18.2 Å². The summed E-state index contributed by atoms with van der Waals surface area (Å²) in [4.78, 5) is 8.63. The van der Waals surface area contributed by atoms with Crippen LogP contribution in [0.25, 0.3) is 52.1 Å². The van der Waals surface area contributed by atoms with Crippen LogP contribution in [0.5, 0.6) is 11.5 Å². The fourth-order valence-corrected chi connectivity index (χ4v) is 4.85. The van der Waals surface area contributed by atoms with E-state index in [1.165, 1.54) is 0 Å². The van der Waals surface area contributed by atoms with Crippen LogP contribution in [-0.2, 0) is 0 Å². The minimum absolute atomic E-state index is 0.678. The van der Waals surface area contributed by atoms with Gasteiger partial charge in [0.25, 0.3) is 0 Å². The molecule has 218 valence electrons. The SMILES string of the molecule is C=Cc1cc(OCCCC)c(/C=C/c2ccc(-c3nc(-c4ccccc4)c(-c4ccccc4)[nH]3)cc2)cc1OCCCC. The highest BCUT2D eigenvalue weighted by atomic mass is 16.5. The molecule has 0 spiro atoms. The summed E-state index contributed by atoms with van der Waals surface area (Å²) in [5.41, 5.74) is 8.21. The second-order valence-electron chi connectivity index (χ2n) is 10.5. The van der Waals surface area contributed by atoms with Crippen LogP contribution in [0.3, 0.4) is 0 Å². The minimum atomic E-state index is 0.678. The van der Waals surface area contributed by atoms with Crippen LogP contribution in [-0.4, -0.2) is 23.2 Å². The Balaban J connectivity index is 1.42. The molecule has 0 bridgehead atoms. The molecule has 0 aliphatic carbocycles. The van der Waals surface area contributed by atoms with Gasteiger partial charge in [0.05, 0.1) is 24.6 Å². The van der Waals surface area contributed by atoms with E-state index in [9.17, 15) is 0 Å². The molecule has 0 radical (unpaired) electrons. The lowest BCUT2D eigenvalue weighted by Gasteiger charge is -2.15. The zero-order valence-electron chi connectivity index (χ0n) is 25.2. The molecule has 4 aromatic carbocycles. The summed E-state index contributed by atoms with van der Waals surface area (Å²) in [6.07, 6.45) is 10.2. The van der Waals surface area contributed by atoms with Crippen LogP contribution < -0.4 is 9.47 Å². The van der Waals surface area contributed by atoms with Gasteiger partial charge in [-0.25, -0.2) is 4.98 Å². The number of benzene rings is 4. The molecule has 1 N–H and O–H groups in total. The lowest BCUT2D eigenvalue weighted by Crippen LogP contribution is -2.02. The van der Waals surface area contributed by atoms with E-state index >= 15 is 0 Å². The first-order valence-corrected chi connectivity index (χ1v) is 15.3. The maximum absolute atomic E-state index is 6.19. The highest BCUT2D eigenvalue weighted by molar-refractivity contribution is 5.82. The van der Waals surface area contributed by atoms with Crippen molar-refractivity contribution in [3.63, 3.8) is 0 Å². The summed E-state index contributed by atoms with van der Waals surface area (Å²) < 4.78 is 12.3. The molecule has 4 heteroatoms. The third-order valence-corrected chi connectivity index (χ3v) is 7.33. The number of ether oxygens (including phenoxy) is 2. The van der Waals surface area contributed by atoms with Crippen molar-refractivity contribution in [1.82, 2.24) is 9.97 Å². The van der Waals surface area contributed by atoms with Gasteiger partial charge < -0.3 is 14.5 Å². The van der Waals surface area contributed by atoms with Gasteiger partial charge in [-0.05, 0) is 30.5 Å². The summed E-state index contributed by atoms with van der Waals surface area (Å²) in [5.74, 6) is 2.52. The third kappa shape index (κ3) is 7.52. The molecule has 0 saturated heterocycles.